The molecule has 3 aromatic rings. The van der Waals surface area contributed by atoms with E-state index in [-0.39, 0.29) is 5.91 Å². The predicted molar refractivity (Wildman–Crippen MR) is 111 cm³/mol. The number of aryl methyl sites for hydroxylation is 1. The molecule has 0 atom stereocenters. The quantitative estimate of drug-likeness (QED) is 0.664. The van der Waals surface area contributed by atoms with Crippen LogP contribution in [0.4, 0.5) is 10.5 Å². The van der Waals surface area contributed by atoms with Gasteiger partial charge in [0.05, 0.1) is 18.0 Å². The van der Waals surface area contributed by atoms with Crippen molar-refractivity contribution in [1.29, 1.82) is 0 Å². The van der Waals surface area contributed by atoms with Crippen molar-refractivity contribution in [3.05, 3.63) is 77.1 Å². The number of nitrogens with zero attached hydrogens (tertiary/aromatic N) is 2. The number of hydrogen-bond donors (Lipinski definition) is 2. The third kappa shape index (κ3) is 4.82. The molecular formula is C22H24N4O3. The molecule has 0 aliphatic rings. The molecular weight excluding hydrogens is 368 g/mol. The third-order valence-corrected chi connectivity index (χ3v) is 4.54. The number of carbonyl (C=O) groups is 2. The number of aromatic nitrogens is 2. The second-order valence-corrected chi connectivity index (χ2v) is 6.50. The number of benzene rings is 2. The molecule has 0 bridgehead atoms. The lowest BCUT2D eigenvalue weighted by molar-refractivity contribution is 0.0951. The minimum atomic E-state index is -0.522. The van der Waals surface area contributed by atoms with E-state index in [1.54, 1.807) is 31.2 Å². The molecule has 1 heterocycles. The molecule has 2 amide bonds. The van der Waals surface area contributed by atoms with E-state index in [1.807, 2.05) is 48.9 Å². The summed E-state index contributed by atoms with van der Waals surface area (Å²) in [6.07, 6.45) is -0.522. The first-order valence-corrected chi connectivity index (χ1v) is 9.42. The van der Waals surface area contributed by atoms with Crippen LogP contribution in [0.25, 0.3) is 5.69 Å². The molecule has 0 spiro atoms. The molecule has 0 radical (unpaired) electrons. The zero-order valence-electron chi connectivity index (χ0n) is 16.7. The molecule has 7 nitrogen and oxygen atoms in total. The summed E-state index contributed by atoms with van der Waals surface area (Å²) in [7, 11) is 0. The lowest BCUT2D eigenvalue weighted by atomic mass is 10.1. The van der Waals surface area contributed by atoms with Gasteiger partial charge >= 0.3 is 6.09 Å². The van der Waals surface area contributed by atoms with Gasteiger partial charge in [0.1, 0.15) is 0 Å². The normalized spacial score (nSPS) is 10.4. The largest absolute Gasteiger partial charge is 0.450 e. The standard InChI is InChI=1S/C22H24N4O3/c1-4-29-22(28)24-18-12-10-17(11-13-18)21(27)23-14-20-15(2)25-26(16(20)3)19-8-6-5-7-9-19/h5-13H,4,14H2,1-3H3,(H,23,27)(H,24,28). The van der Waals surface area contributed by atoms with Crippen LogP contribution in [0.5, 0.6) is 0 Å². The van der Waals surface area contributed by atoms with Gasteiger partial charge in [0.2, 0.25) is 0 Å². The van der Waals surface area contributed by atoms with Crippen molar-refractivity contribution in [3.8, 4) is 5.69 Å². The van der Waals surface area contributed by atoms with Crippen molar-refractivity contribution >= 4 is 17.7 Å². The fourth-order valence-electron chi connectivity index (χ4n) is 3.01. The van der Waals surface area contributed by atoms with Crippen LogP contribution in [0.15, 0.2) is 54.6 Å². The summed E-state index contributed by atoms with van der Waals surface area (Å²) < 4.78 is 6.71. The summed E-state index contributed by atoms with van der Waals surface area (Å²) >= 11 is 0. The summed E-state index contributed by atoms with van der Waals surface area (Å²) in [5, 5.41) is 10.1. The smallest absolute Gasteiger partial charge is 0.411 e. The van der Waals surface area contributed by atoms with Crippen LogP contribution in [-0.4, -0.2) is 28.4 Å². The summed E-state index contributed by atoms with van der Waals surface area (Å²) in [5.41, 5.74) is 4.91. The Labute approximate surface area is 169 Å². The van der Waals surface area contributed by atoms with E-state index in [0.717, 1.165) is 22.6 Å². The summed E-state index contributed by atoms with van der Waals surface area (Å²) in [6, 6.07) is 16.5. The maximum absolute atomic E-state index is 12.5. The summed E-state index contributed by atoms with van der Waals surface area (Å²) in [6.45, 7) is 6.34. The Morgan fingerprint density at radius 3 is 2.38 bits per heavy atom. The first-order valence-electron chi connectivity index (χ1n) is 9.42. The van der Waals surface area contributed by atoms with Gasteiger partial charge in [-0.2, -0.15) is 5.10 Å². The predicted octanol–water partition coefficient (Wildman–Crippen LogP) is 3.99. The number of ether oxygens (including phenoxy) is 1. The van der Waals surface area contributed by atoms with E-state index >= 15 is 0 Å². The van der Waals surface area contributed by atoms with E-state index in [4.69, 9.17) is 4.74 Å². The number of anilines is 1. The Bertz CT molecular complexity index is 995. The zero-order valence-corrected chi connectivity index (χ0v) is 16.7. The Morgan fingerprint density at radius 2 is 1.72 bits per heavy atom. The molecule has 0 unspecified atom stereocenters. The monoisotopic (exact) mass is 392 g/mol. The van der Waals surface area contributed by atoms with Crippen LogP contribution in [0.2, 0.25) is 0 Å². The van der Waals surface area contributed by atoms with E-state index in [1.165, 1.54) is 0 Å². The second kappa shape index (κ2) is 9.05. The van der Waals surface area contributed by atoms with Gasteiger partial charge < -0.3 is 10.1 Å². The van der Waals surface area contributed by atoms with Crippen LogP contribution in [-0.2, 0) is 11.3 Å². The molecule has 29 heavy (non-hydrogen) atoms. The lowest BCUT2D eigenvalue weighted by Gasteiger charge is -2.08. The van der Waals surface area contributed by atoms with Crippen molar-refractivity contribution in [2.75, 3.05) is 11.9 Å². The van der Waals surface area contributed by atoms with Crippen LogP contribution in [0, 0.1) is 13.8 Å². The maximum Gasteiger partial charge on any atom is 0.411 e. The number of rotatable bonds is 6. The van der Waals surface area contributed by atoms with Crippen LogP contribution < -0.4 is 10.6 Å². The van der Waals surface area contributed by atoms with E-state index in [0.29, 0.717) is 24.4 Å². The average Bonchev–Trinajstić information content (AvgIpc) is 3.01. The highest BCUT2D eigenvalue weighted by Crippen LogP contribution is 2.18. The Hall–Kier alpha value is -3.61. The Balaban J connectivity index is 1.65. The molecule has 0 aliphatic heterocycles. The van der Waals surface area contributed by atoms with Gasteiger partial charge in [0, 0.05) is 29.1 Å². The van der Waals surface area contributed by atoms with Crippen molar-refractivity contribution in [2.24, 2.45) is 0 Å². The highest BCUT2D eigenvalue weighted by molar-refractivity contribution is 5.95. The highest BCUT2D eigenvalue weighted by Gasteiger charge is 2.14. The zero-order chi connectivity index (χ0) is 20.8. The van der Waals surface area contributed by atoms with E-state index in [2.05, 4.69) is 15.7 Å². The fraction of sp³-hybridized carbons (Fsp3) is 0.227. The topological polar surface area (TPSA) is 85.2 Å². The van der Waals surface area contributed by atoms with Crippen LogP contribution in [0.3, 0.4) is 0 Å². The van der Waals surface area contributed by atoms with Gasteiger partial charge in [-0.05, 0) is 57.2 Å². The van der Waals surface area contributed by atoms with E-state index in [9.17, 15) is 9.59 Å². The Morgan fingerprint density at radius 1 is 1.03 bits per heavy atom. The van der Waals surface area contributed by atoms with Crippen molar-refractivity contribution < 1.29 is 14.3 Å². The maximum atomic E-state index is 12.5. The molecule has 7 heteroatoms. The molecule has 3 rings (SSSR count). The average molecular weight is 392 g/mol. The number of hydrogen-bond acceptors (Lipinski definition) is 4. The third-order valence-electron chi connectivity index (χ3n) is 4.54. The van der Waals surface area contributed by atoms with Crippen molar-refractivity contribution in [3.63, 3.8) is 0 Å². The first kappa shape index (κ1) is 20.1. The van der Waals surface area contributed by atoms with Gasteiger partial charge in [-0.1, -0.05) is 18.2 Å². The van der Waals surface area contributed by atoms with Crippen LogP contribution in [0.1, 0.15) is 34.2 Å². The second-order valence-electron chi connectivity index (χ2n) is 6.50. The molecule has 2 N–H and O–H groups in total. The lowest BCUT2D eigenvalue weighted by Crippen LogP contribution is -2.23. The molecule has 0 fully saturated rings. The minimum Gasteiger partial charge on any atom is -0.450 e. The molecule has 150 valence electrons. The van der Waals surface area contributed by atoms with Crippen LogP contribution >= 0.6 is 0 Å². The molecule has 0 saturated carbocycles. The molecule has 1 aromatic heterocycles. The van der Waals surface area contributed by atoms with Crippen molar-refractivity contribution in [1.82, 2.24) is 15.1 Å². The van der Waals surface area contributed by atoms with Gasteiger partial charge in [0.25, 0.3) is 5.91 Å². The number of amides is 2. The Kier molecular flexibility index (Phi) is 6.29. The SMILES string of the molecule is CCOC(=O)Nc1ccc(C(=O)NCc2c(C)nn(-c3ccccc3)c2C)cc1. The summed E-state index contributed by atoms with van der Waals surface area (Å²) in [4.78, 5) is 23.9. The summed E-state index contributed by atoms with van der Waals surface area (Å²) in [5.74, 6) is -0.195. The fourth-order valence-corrected chi connectivity index (χ4v) is 3.01. The molecule has 2 aromatic carbocycles. The van der Waals surface area contributed by atoms with Gasteiger partial charge in [-0.25, -0.2) is 9.48 Å². The molecule has 0 aliphatic carbocycles. The molecule has 0 saturated heterocycles. The highest BCUT2D eigenvalue weighted by atomic mass is 16.5. The minimum absolute atomic E-state index is 0.195. The number of carbonyl (C=O) groups excluding carboxylic acids is 2. The van der Waals surface area contributed by atoms with Gasteiger partial charge in [-0.3, -0.25) is 10.1 Å². The van der Waals surface area contributed by atoms with Gasteiger partial charge in [0.15, 0.2) is 0 Å². The first-order chi connectivity index (χ1) is 14.0. The number of para-hydroxylation sites is 1. The van der Waals surface area contributed by atoms with Crippen molar-refractivity contribution in [2.45, 2.75) is 27.3 Å². The van der Waals surface area contributed by atoms with Gasteiger partial charge in [-0.15, -0.1) is 0 Å². The number of nitrogens with one attached hydrogen (secondary N) is 2. The van der Waals surface area contributed by atoms with E-state index < -0.39 is 6.09 Å².